The zero-order chi connectivity index (χ0) is 17.8. The molecule has 4 heteroatoms. The molecular weight excluding hydrogens is 326 g/mol. The van der Waals surface area contributed by atoms with Gasteiger partial charge in [-0.3, -0.25) is 0 Å². The molecule has 2 N–H and O–H groups in total. The van der Waals surface area contributed by atoms with Gasteiger partial charge < -0.3 is 19.6 Å². The van der Waals surface area contributed by atoms with Gasteiger partial charge in [0.1, 0.15) is 23.5 Å². The Morgan fingerprint density at radius 3 is 2.54 bits per heavy atom. The molecule has 0 spiro atoms. The molecule has 0 aliphatic rings. The van der Waals surface area contributed by atoms with Gasteiger partial charge in [-0.05, 0) is 23.8 Å². The first-order valence-electron chi connectivity index (χ1n) is 8.79. The van der Waals surface area contributed by atoms with Gasteiger partial charge in [-0.1, -0.05) is 48.5 Å². The molecule has 132 valence electrons. The topological polar surface area (TPSA) is 54.6 Å². The van der Waals surface area contributed by atoms with Crippen LogP contribution < -0.4 is 10.1 Å². The highest BCUT2D eigenvalue weighted by Crippen LogP contribution is 2.30. The maximum absolute atomic E-state index is 10.1. The van der Waals surface area contributed by atoms with Crippen molar-refractivity contribution in [3.05, 3.63) is 78.4 Å². The van der Waals surface area contributed by atoms with Gasteiger partial charge in [0.05, 0.1) is 6.10 Å². The summed E-state index contributed by atoms with van der Waals surface area (Å²) in [5.74, 6) is 0.780. The summed E-state index contributed by atoms with van der Waals surface area (Å²) in [6, 6.07) is 23.6. The Bertz CT molecular complexity index is 994. The summed E-state index contributed by atoms with van der Waals surface area (Å²) in [5, 5.41) is 15.5. The number of hydrogen-bond acceptors (Lipinski definition) is 4. The molecule has 0 bridgehead atoms. The zero-order valence-electron chi connectivity index (χ0n) is 14.4. The lowest BCUT2D eigenvalue weighted by molar-refractivity contribution is 0.172. The van der Waals surface area contributed by atoms with Crippen LogP contribution in [0.2, 0.25) is 0 Å². The first kappa shape index (κ1) is 16.6. The van der Waals surface area contributed by atoms with E-state index >= 15 is 0 Å². The number of fused-ring (bicyclic) bond motifs is 3. The van der Waals surface area contributed by atoms with E-state index in [-0.39, 0.29) is 0 Å². The average Bonchev–Trinajstić information content (AvgIpc) is 3.06. The summed E-state index contributed by atoms with van der Waals surface area (Å²) < 4.78 is 11.7. The van der Waals surface area contributed by atoms with E-state index in [0.717, 1.165) is 33.3 Å². The number of rotatable bonds is 7. The molecule has 0 fully saturated rings. The van der Waals surface area contributed by atoms with E-state index in [2.05, 4.69) is 11.4 Å². The summed E-state index contributed by atoms with van der Waals surface area (Å²) in [4.78, 5) is 0. The van der Waals surface area contributed by atoms with Crippen LogP contribution in [0.4, 0.5) is 0 Å². The SMILES string of the molecule is OC(CNCCOc1ccc2c(c1)oc1ccccc12)c1ccccc1. The average molecular weight is 347 g/mol. The van der Waals surface area contributed by atoms with Gasteiger partial charge in [0.2, 0.25) is 0 Å². The van der Waals surface area contributed by atoms with Crippen LogP contribution in [0, 0.1) is 0 Å². The fourth-order valence-electron chi connectivity index (χ4n) is 3.07. The molecule has 4 nitrogen and oxygen atoms in total. The van der Waals surface area contributed by atoms with E-state index in [1.54, 1.807) is 0 Å². The summed E-state index contributed by atoms with van der Waals surface area (Å²) in [6.07, 6.45) is -0.511. The molecule has 26 heavy (non-hydrogen) atoms. The summed E-state index contributed by atoms with van der Waals surface area (Å²) in [6.45, 7) is 1.67. The number of nitrogens with one attached hydrogen (secondary N) is 1. The molecule has 1 atom stereocenters. The van der Waals surface area contributed by atoms with Gasteiger partial charge in [0.15, 0.2) is 0 Å². The van der Waals surface area contributed by atoms with Crippen LogP contribution in [-0.2, 0) is 0 Å². The molecule has 0 saturated heterocycles. The Morgan fingerprint density at radius 1 is 0.885 bits per heavy atom. The van der Waals surface area contributed by atoms with Crippen molar-refractivity contribution in [1.29, 1.82) is 0 Å². The highest BCUT2D eigenvalue weighted by atomic mass is 16.5. The Morgan fingerprint density at radius 2 is 1.65 bits per heavy atom. The number of benzene rings is 3. The Kier molecular flexibility index (Phi) is 4.86. The predicted molar refractivity (Wildman–Crippen MR) is 103 cm³/mol. The molecule has 0 radical (unpaired) electrons. The fourth-order valence-corrected chi connectivity index (χ4v) is 3.07. The van der Waals surface area contributed by atoms with Gasteiger partial charge in [-0.2, -0.15) is 0 Å². The highest BCUT2D eigenvalue weighted by molar-refractivity contribution is 6.05. The smallest absolute Gasteiger partial charge is 0.139 e. The Balaban J connectivity index is 1.30. The molecule has 3 aromatic carbocycles. The van der Waals surface area contributed by atoms with E-state index in [1.165, 1.54) is 0 Å². The van der Waals surface area contributed by atoms with Crippen molar-refractivity contribution in [2.24, 2.45) is 0 Å². The highest BCUT2D eigenvalue weighted by Gasteiger charge is 2.08. The second-order valence-corrected chi connectivity index (χ2v) is 6.24. The molecule has 0 saturated carbocycles. The normalized spacial score (nSPS) is 12.5. The standard InChI is InChI=1S/C22H21NO3/c24-20(16-6-2-1-3-7-16)15-23-12-13-25-17-10-11-19-18-8-4-5-9-21(18)26-22(19)14-17/h1-11,14,20,23-24H,12-13,15H2. The van der Waals surface area contributed by atoms with Crippen LogP contribution in [0.5, 0.6) is 5.75 Å². The van der Waals surface area contributed by atoms with Gasteiger partial charge >= 0.3 is 0 Å². The van der Waals surface area contributed by atoms with Crippen LogP contribution in [0.3, 0.4) is 0 Å². The van der Waals surface area contributed by atoms with Crippen LogP contribution >= 0.6 is 0 Å². The van der Waals surface area contributed by atoms with Crippen LogP contribution in [0.1, 0.15) is 11.7 Å². The van der Waals surface area contributed by atoms with Crippen molar-refractivity contribution in [1.82, 2.24) is 5.32 Å². The van der Waals surface area contributed by atoms with Crippen molar-refractivity contribution < 1.29 is 14.3 Å². The molecule has 1 aromatic heterocycles. The molecule has 0 aliphatic carbocycles. The molecule has 4 rings (SSSR count). The number of furan rings is 1. The maximum Gasteiger partial charge on any atom is 0.139 e. The molecular formula is C22H21NO3. The minimum atomic E-state index is -0.511. The van der Waals surface area contributed by atoms with Crippen molar-refractivity contribution in [2.45, 2.75) is 6.10 Å². The molecule has 0 amide bonds. The molecule has 1 unspecified atom stereocenters. The summed E-state index contributed by atoms with van der Waals surface area (Å²) >= 11 is 0. The fraction of sp³-hybridized carbons (Fsp3) is 0.182. The van der Waals surface area contributed by atoms with Crippen molar-refractivity contribution in [3.8, 4) is 5.75 Å². The third-order valence-corrected chi connectivity index (χ3v) is 4.42. The lowest BCUT2D eigenvalue weighted by Gasteiger charge is -2.12. The van der Waals surface area contributed by atoms with Crippen LogP contribution in [-0.4, -0.2) is 24.8 Å². The van der Waals surface area contributed by atoms with Gasteiger partial charge in [0, 0.05) is 29.9 Å². The van der Waals surface area contributed by atoms with Gasteiger partial charge in [-0.15, -0.1) is 0 Å². The zero-order valence-corrected chi connectivity index (χ0v) is 14.4. The first-order chi connectivity index (χ1) is 12.8. The molecule has 4 aromatic rings. The van der Waals surface area contributed by atoms with Crippen molar-refractivity contribution in [2.75, 3.05) is 19.7 Å². The largest absolute Gasteiger partial charge is 0.492 e. The number of aliphatic hydroxyl groups excluding tert-OH is 1. The van der Waals surface area contributed by atoms with E-state index in [1.807, 2.05) is 66.7 Å². The minimum absolute atomic E-state index is 0.496. The maximum atomic E-state index is 10.1. The third kappa shape index (κ3) is 3.57. The number of aliphatic hydroxyl groups is 1. The second kappa shape index (κ2) is 7.60. The van der Waals surface area contributed by atoms with E-state index in [4.69, 9.17) is 9.15 Å². The van der Waals surface area contributed by atoms with E-state index < -0.39 is 6.10 Å². The number of para-hydroxylation sites is 1. The summed E-state index contributed by atoms with van der Waals surface area (Å²) in [5.41, 5.74) is 2.63. The first-order valence-corrected chi connectivity index (χ1v) is 8.79. The van der Waals surface area contributed by atoms with Crippen LogP contribution in [0.25, 0.3) is 21.9 Å². The van der Waals surface area contributed by atoms with E-state index in [0.29, 0.717) is 19.7 Å². The second-order valence-electron chi connectivity index (χ2n) is 6.24. The predicted octanol–water partition coefficient (Wildman–Crippen LogP) is 4.29. The lowest BCUT2D eigenvalue weighted by Crippen LogP contribution is -2.26. The van der Waals surface area contributed by atoms with Gasteiger partial charge in [0.25, 0.3) is 0 Å². The molecule has 1 heterocycles. The van der Waals surface area contributed by atoms with Crippen LogP contribution in [0.15, 0.2) is 77.2 Å². The minimum Gasteiger partial charge on any atom is -0.492 e. The Hall–Kier alpha value is -2.82. The monoisotopic (exact) mass is 347 g/mol. The van der Waals surface area contributed by atoms with Crippen molar-refractivity contribution >= 4 is 21.9 Å². The summed E-state index contributed by atoms with van der Waals surface area (Å²) in [7, 11) is 0. The van der Waals surface area contributed by atoms with Crippen molar-refractivity contribution in [3.63, 3.8) is 0 Å². The van der Waals surface area contributed by atoms with E-state index in [9.17, 15) is 5.11 Å². The number of hydrogen-bond donors (Lipinski definition) is 2. The third-order valence-electron chi connectivity index (χ3n) is 4.42. The van der Waals surface area contributed by atoms with Gasteiger partial charge in [-0.25, -0.2) is 0 Å². The molecule has 0 aliphatic heterocycles. The Labute approximate surface area is 152 Å². The number of ether oxygens (including phenoxy) is 1. The quantitative estimate of drug-likeness (QED) is 0.490. The lowest BCUT2D eigenvalue weighted by atomic mass is 10.1.